The molecule has 0 bridgehead atoms. The minimum absolute atomic E-state index is 0.108. The first-order chi connectivity index (χ1) is 18.4. The summed E-state index contributed by atoms with van der Waals surface area (Å²) in [6.45, 7) is 2.49. The fourth-order valence-corrected chi connectivity index (χ4v) is 4.91. The summed E-state index contributed by atoms with van der Waals surface area (Å²) in [7, 11) is 0. The van der Waals surface area contributed by atoms with Crippen LogP contribution in [0, 0.1) is 6.92 Å². The van der Waals surface area contributed by atoms with Crippen molar-refractivity contribution < 1.29 is 8.78 Å². The minimum Gasteiger partial charge on any atom is -0.335 e. The zero-order valence-electron chi connectivity index (χ0n) is 20.4. The van der Waals surface area contributed by atoms with E-state index in [0.29, 0.717) is 35.8 Å². The number of aromatic nitrogens is 9. The lowest BCUT2D eigenvalue weighted by atomic mass is 10.1. The van der Waals surface area contributed by atoms with E-state index < -0.39 is 5.92 Å². The first-order valence-corrected chi connectivity index (χ1v) is 12.2. The molecule has 0 spiro atoms. The summed E-state index contributed by atoms with van der Waals surface area (Å²) in [6.07, 6.45) is 10.4. The van der Waals surface area contributed by atoms with E-state index in [1.165, 1.54) is 0 Å². The highest BCUT2D eigenvalue weighted by Gasteiger charge is 2.37. The third-order valence-corrected chi connectivity index (χ3v) is 6.74. The molecule has 10 nitrogen and oxygen atoms in total. The second-order valence-electron chi connectivity index (χ2n) is 9.63. The van der Waals surface area contributed by atoms with Crippen molar-refractivity contribution in [2.24, 2.45) is 0 Å². The highest BCUT2D eigenvalue weighted by Crippen LogP contribution is 2.30. The van der Waals surface area contributed by atoms with Crippen molar-refractivity contribution in [1.29, 1.82) is 0 Å². The summed E-state index contributed by atoms with van der Waals surface area (Å²) >= 11 is 0. The monoisotopic (exact) mass is 512 g/mol. The van der Waals surface area contributed by atoms with Crippen molar-refractivity contribution in [1.82, 2.24) is 49.6 Å². The minimum atomic E-state index is -2.62. The molecule has 12 heteroatoms. The summed E-state index contributed by atoms with van der Waals surface area (Å²) in [5, 5.41) is 7.52. The molecule has 1 aliphatic heterocycles. The number of aryl methyl sites for hydroxylation is 1. The maximum atomic E-state index is 13.6. The van der Waals surface area contributed by atoms with Gasteiger partial charge >= 0.3 is 0 Å². The van der Waals surface area contributed by atoms with Gasteiger partial charge in [0.2, 0.25) is 0 Å². The molecule has 0 unspecified atom stereocenters. The van der Waals surface area contributed by atoms with Crippen molar-refractivity contribution in [2.45, 2.75) is 25.8 Å². The van der Waals surface area contributed by atoms with Crippen LogP contribution in [-0.2, 0) is 6.54 Å². The topological polar surface area (TPSA) is 117 Å². The molecule has 38 heavy (non-hydrogen) atoms. The fourth-order valence-electron chi connectivity index (χ4n) is 4.91. The van der Waals surface area contributed by atoms with E-state index in [2.05, 4.69) is 30.1 Å². The Bertz CT molecular complexity index is 1800. The first-order valence-electron chi connectivity index (χ1n) is 12.2. The van der Waals surface area contributed by atoms with Gasteiger partial charge in [0.05, 0.1) is 53.4 Å². The Morgan fingerprint density at radius 2 is 1.92 bits per heavy atom. The highest BCUT2D eigenvalue weighted by molar-refractivity contribution is 5.92. The Kier molecular flexibility index (Phi) is 5.05. The van der Waals surface area contributed by atoms with Gasteiger partial charge in [-0.3, -0.25) is 20.0 Å². The van der Waals surface area contributed by atoms with Crippen LogP contribution in [0.4, 0.5) is 8.78 Å². The van der Waals surface area contributed by atoms with Crippen molar-refractivity contribution in [2.75, 3.05) is 13.1 Å². The lowest BCUT2D eigenvalue weighted by Gasteiger charge is -2.15. The van der Waals surface area contributed by atoms with E-state index in [4.69, 9.17) is 9.97 Å². The predicted molar refractivity (Wildman–Crippen MR) is 137 cm³/mol. The molecule has 7 heterocycles. The number of nitrogens with zero attached hydrogens (tertiary/aromatic N) is 8. The lowest BCUT2D eigenvalue weighted by Crippen LogP contribution is -2.24. The second-order valence-corrected chi connectivity index (χ2v) is 9.63. The number of likely N-dealkylation sites (tertiary alicyclic amines) is 1. The van der Waals surface area contributed by atoms with E-state index >= 15 is 0 Å². The average Bonchev–Trinajstić information content (AvgIpc) is 3.69. The Hall–Kier alpha value is -4.58. The third kappa shape index (κ3) is 3.98. The van der Waals surface area contributed by atoms with Gasteiger partial charge in [-0.25, -0.2) is 23.7 Å². The zero-order chi connectivity index (χ0) is 25.9. The quantitative estimate of drug-likeness (QED) is 0.354. The van der Waals surface area contributed by atoms with E-state index in [1.807, 2.05) is 35.9 Å². The number of H-pyrrole nitrogens is 2. The standard InChI is InChI=1S/C26H22F2N10/c1-15-11-38(14-31-15)21-10-30-9-20-22(21)34-25(33-20)24-23-19(35-36-24)3-2-18(32-23)17-6-16(7-29-8-17)12-37-5-4-26(27,28)13-37/h2-3,6-11,14H,4-5,12-13H2,1H3,(H,33,34)(H,35,36). The van der Waals surface area contributed by atoms with Gasteiger partial charge in [-0.1, -0.05) is 0 Å². The second kappa shape index (κ2) is 8.48. The Morgan fingerprint density at radius 3 is 2.74 bits per heavy atom. The van der Waals surface area contributed by atoms with E-state index in [0.717, 1.165) is 39.1 Å². The van der Waals surface area contributed by atoms with Gasteiger partial charge in [0, 0.05) is 43.7 Å². The number of pyridine rings is 3. The summed E-state index contributed by atoms with van der Waals surface area (Å²) in [5.74, 6) is -2.07. The normalized spacial score (nSPS) is 15.7. The van der Waals surface area contributed by atoms with Gasteiger partial charge in [-0.15, -0.1) is 0 Å². The van der Waals surface area contributed by atoms with E-state index in [1.54, 1.807) is 36.0 Å². The molecular weight excluding hydrogens is 490 g/mol. The molecular formula is C26H22F2N10. The number of hydrogen-bond donors (Lipinski definition) is 2. The Labute approximate surface area is 214 Å². The largest absolute Gasteiger partial charge is 0.335 e. The average molecular weight is 513 g/mol. The summed E-state index contributed by atoms with van der Waals surface area (Å²) in [6, 6.07) is 5.74. The van der Waals surface area contributed by atoms with Crippen LogP contribution in [-0.4, -0.2) is 68.6 Å². The van der Waals surface area contributed by atoms with Crippen molar-refractivity contribution in [3.05, 3.63) is 66.8 Å². The van der Waals surface area contributed by atoms with Crippen LogP contribution in [0.3, 0.4) is 0 Å². The van der Waals surface area contributed by atoms with Gasteiger partial charge in [0.1, 0.15) is 11.0 Å². The van der Waals surface area contributed by atoms with Crippen LogP contribution in [0.2, 0.25) is 0 Å². The molecule has 6 aromatic heterocycles. The van der Waals surface area contributed by atoms with Gasteiger partial charge < -0.3 is 9.55 Å². The number of fused-ring (bicyclic) bond motifs is 2. The van der Waals surface area contributed by atoms with Crippen LogP contribution in [0.1, 0.15) is 17.7 Å². The maximum absolute atomic E-state index is 13.6. The van der Waals surface area contributed by atoms with Crippen LogP contribution in [0.15, 0.2) is 55.5 Å². The molecule has 6 aromatic rings. The predicted octanol–water partition coefficient (Wildman–Crippen LogP) is 4.29. The van der Waals surface area contributed by atoms with Crippen molar-refractivity contribution >= 4 is 22.1 Å². The SMILES string of the molecule is Cc1cn(-c2cncc3[nH]c(-c4n[nH]c5ccc(-c6cncc(CN7CCC(F)(F)C7)c6)nc45)nc23)cn1. The number of aromatic amines is 2. The summed E-state index contributed by atoms with van der Waals surface area (Å²) in [5.41, 5.74) is 7.56. The Balaban J connectivity index is 1.24. The molecule has 0 aromatic carbocycles. The highest BCUT2D eigenvalue weighted by atomic mass is 19.3. The lowest BCUT2D eigenvalue weighted by molar-refractivity contribution is 0.0115. The molecule has 1 fully saturated rings. The molecule has 0 atom stereocenters. The number of hydrogen-bond acceptors (Lipinski definition) is 7. The van der Waals surface area contributed by atoms with Gasteiger partial charge in [-0.05, 0) is 30.7 Å². The molecule has 1 saturated heterocycles. The summed E-state index contributed by atoms with van der Waals surface area (Å²) < 4.78 is 29.1. The van der Waals surface area contributed by atoms with Gasteiger partial charge in [0.15, 0.2) is 11.5 Å². The number of nitrogens with one attached hydrogen (secondary N) is 2. The fraction of sp³-hybridized carbons (Fsp3) is 0.231. The van der Waals surface area contributed by atoms with Gasteiger partial charge in [-0.2, -0.15) is 5.10 Å². The molecule has 190 valence electrons. The number of halogens is 2. The third-order valence-electron chi connectivity index (χ3n) is 6.74. The Morgan fingerprint density at radius 1 is 1.03 bits per heavy atom. The number of rotatable bonds is 5. The molecule has 0 aliphatic carbocycles. The van der Waals surface area contributed by atoms with Crippen LogP contribution in [0.5, 0.6) is 0 Å². The summed E-state index contributed by atoms with van der Waals surface area (Å²) in [4.78, 5) is 27.8. The van der Waals surface area contributed by atoms with Crippen LogP contribution in [0.25, 0.3) is 50.5 Å². The van der Waals surface area contributed by atoms with Gasteiger partial charge in [0.25, 0.3) is 5.92 Å². The molecule has 0 radical (unpaired) electrons. The van der Waals surface area contributed by atoms with Crippen LogP contribution >= 0.6 is 0 Å². The van der Waals surface area contributed by atoms with Crippen LogP contribution < -0.4 is 0 Å². The number of imidazole rings is 2. The smallest absolute Gasteiger partial charge is 0.261 e. The maximum Gasteiger partial charge on any atom is 0.261 e. The number of alkyl halides is 2. The molecule has 0 amide bonds. The van der Waals surface area contributed by atoms with E-state index in [-0.39, 0.29) is 13.0 Å². The molecule has 2 N–H and O–H groups in total. The zero-order valence-corrected chi connectivity index (χ0v) is 20.4. The van der Waals surface area contributed by atoms with Crippen molar-refractivity contribution in [3.63, 3.8) is 0 Å². The van der Waals surface area contributed by atoms with E-state index in [9.17, 15) is 8.78 Å². The molecule has 1 aliphatic rings. The van der Waals surface area contributed by atoms with Crippen molar-refractivity contribution in [3.8, 4) is 28.5 Å². The first kappa shape index (κ1) is 22.6. The molecule has 0 saturated carbocycles. The molecule has 7 rings (SSSR count).